The van der Waals surface area contributed by atoms with Crippen LogP contribution < -0.4 is 4.72 Å². The molecular formula is C13H16FNO5S. The molecule has 21 heavy (non-hydrogen) atoms. The van der Waals surface area contributed by atoms with Crippen molar-refractivity contribution in [3.63, 3.8) is 0 Å². The van der Waals surface area contributed by atoms with Gasteiger partial charge in [-0.1, -0.05) is 0 Å². The number of benzene rings is 1. The third-order valence-corrected chi connectivity index (χ3v) is 4.53. The highest BCUT2D eigenvalue weighted by molar-refractivity contribution is 7.89. The molecule has 0 unspecified atom stereocenters. The van der Waals surface area contributed by atoms with Gasteiger partial charge in [-0.25, -0.2) is 22.3 Å². The number of hydrogen-bond donors (Lipinski definition) is 2. The van der Waals surface area contributed by atoms with Gasteiger partial charge in [0.1, 0.15) is 5.82 Å². The normalized spacial score (nSPS) is 15.1. The van der Waals surface area contributed by atoms with Gasteiger partial charge in [0, 0.05) is 13.2 Å². The molecule has 1 aromatic carbocycles. The Morgan fingerprint density at radius 2 is 2.14 bits per heavy atom. The SMILES string of the molecule is O=C(O)c1cc(S(=O)(=O)NCCOCC2CC2)ccc1F. The first kappa shape index (κ1) is 15.9. The van der Waals surface area contributed by atoms with Crippen LogP contribution >= 0.6 is 0 Å². The first-order valence-electron chi connectivity index (χ1n) is 6.50. The number of sulfonamides is 1. The Balaban J connectivity index is 1.94. The summed E-state index contributed by atoms with van der Waals surface area (Å²) < 4.78 is 44.7. The van der Waals surface area contributed by atoms with Crippen LogP contribution in [0.2, 0.25) is 0 Å². The van der Waals surface area contributed by atoms with Crippen LogP contribution in [0.4, 0.5) is 4.39 Å². The van der Waals surface area contributed by atoms with Crippen molar-refractivity contribution in [2.24, 2.45) is 5.92 Å². The zero-order chi connectivity index (χ0) is 15.5. The van der Waals surface area contributed by atoms with Crippen molar-refractivity contribution in [1.82, 2.24) is 4.72 Å². The molecular weight excluding hydrogens is 301 g/mol. The van der Waals surface area contributed by atoms with E-state index in [1.165, 1.54) is 0 Å². The fraction of sp³-hybridized carbons (Fsp3) is 0.462. The number of hydrogen-bond acceptors (Lipinski definition) is 4. The van der Waals surface area contributed by atoms with E-state index in [0.29, 0.717) is 12.5 Å². The van der Waals surface area contributed by atoms with Gasteiger partial charge in [0.15, 0.2) is 0 Å². The molecule has 8 heteroatoms. The molecule has 1 aliphatic carbocycles. The molecule has 1 aromatic rings. The first-order valence-corrected chi connectivity index (χ1v) is 7.99. The van der Waals surface area contributed by atoms with Crippen LogP contribution in [0.1, 0.15) is 23.2 Å². The average molecular weight is 317 g/mol. The second-order valence-corrected chi connectivity index (χ2v) is 6.63. The van der Waals surface area contributed by atoms with E-state index in [1.807, 2.05) is 0 Å². The van der Waals surface area contributed by atoms with Crippen molar-refractivity contribution in [3.05, 3.63) is 29.6 Å². The summed E-state index contributed by atoms with van der Waals surface area (Å²) in [5, 5.41) is 8.78. The maximum atomic E-state index is 13.2. The van der Waals surface area contributed by atoms with Crippen molar-refractivity contribution in [3.8, 4) is 0 Å². The Bertz CT molecular complexity index is 627. The average Bonchev–Trinajstić information content (AvgIpc) is 3.22. The van der Waals surface area contributed by atoms with Crippen LogP contribution in [-0.4, -0.2) is 39.3 Å². The van der Waals surface area contributed by atoms with E-state index in [2.05, 4.69) is 4.72 Å². The van der Waals surface area contributed by atoms with E-state index in [9.17, 15) is 17.6 Å². The fourth-order valence-corrected chi connectivity index (χ4v) is 2.74. The Labute approximate surface area is 122 Å². The lowest BCUT2D eigenvalue weighted by Crippen LogP contribution is -2.28. The zero-order valence-corrected chi connectivity index (χ0v) is 12.0. The van der Waals surface area contributed by atoms with Gasteiger partial charge in [-0.2, -0.15) is 0 Å². The van der Waals surface area contributed by atoms with Crippen LogP contribution in [-0.2, 0) is 14.8 Å². The topological polar surface area (TPSA) is 92.7 Å². The van der Waals surface area contributed by atoms with Crippen molar-refractivity contribution < 1.29 is 27.4 Å². The van der Waals surface area contributed by atoms with Gasteiger partial charge >= 0.3 is 5.97 Å². The molecule has 0 heterocycles. The maximum absolute atomic E-state index is 13.2. The van der Waals surface area contributed by atoms with E-state index in [-0.39, 0.29) is 18.0 Å². The molecule has 2 N–H and O–H groups in total. The minimum Gasteiger partial charge on any atom is -0.478 e. The Morgan fingerprint density at radius 1 is 1.43 bits per heavy atom. The van der Waals surface area contributed by atoms with E-state index in [4.69, 9.17) is 9.84 Å². The summed E-state index contributed by atoms with van der Waals surface area (Å²) >= 11 is 0. The van der Waals surface area contributed by atoms with Gasteiger partial charge in [0.2, 0.25) is 10.0 Å². The number of carbonyl (C=O) groups is 1. The van der Waals surface area contributed by atoms with E-state index < -0.39 is 27.4 Å². The minimum atomic E-state index is -3.88. The number of rotatable bonds is 8. The monoisotopic (exact) mass is 317 g/mol. The van der Waals surface area contributed by atoms with E-state index in [0.717, 1.165) is 31.0 Å². The molecule has 0 atom stereocenters. The van der Waals surface area contributed by atoms with Crippen molar-refractivity contribution in [1.29, 1.82) is 0 Å². The van der Waals surface area contributed by atoms with Gasteiger partial charge in [-0.05, 0) is 37.0 Å². The lowest BCUT2D eigenvalue weighted by atomic mass is 10.2. The number of ether oxygens (including phenoxy) is 1. The largest absolute Gasteiger partial charge is 0.478 e. The second-order valence-electron chi connectivity index (χ2n) is 4.86. The molecule has 0 bridgehead atoms. The van der Waals surface area contributed by atoms with Crippen LogP contribution in [0, 0.1) is 11.7 Å². The molecule has 116 valence electrons. The predicted octanol–water partition coefficient (Wildman–Crippen LogP) is 1.23. The standard InChI is InChI=1S/C13H16FNO5S/c14-12-4-3-10(7-11(12)13(16)17)21(18,19)15-5-6-20-8-9-1-2-9/h3-4,7,9,15H,1-2,5-6,8H2,(H,16,17). The van der Waals surface area contributed by atoms with Gasteiger partial charge in [0.25, 0.3) is 0 Å². The smallest absolute Gasteiger partial charge is 0.338 e. The summed E-state index contributed by atoms with van der Waals surface area (Å²) in [6.45, 7) is 0.943. The third-order valence-electron chi connectivity index (χ3n) is 3.07. The van der Waals surface area contributed by atoms with E-state index >= 15 is 0 Å². The van der Waals surface area contributed by atoms with Crippen LogP contribution in [0.25, 0.3) is 0 Å². The molecule has 1 aliphatic rings. The van der Waals surface area contributed by atoms with Crippen molar-refractivity contribution in [2.75, 3.05) is 19.8 Å². The molecule has 6 nitrogen and oxygen atoms in total. The van der Waals surface area contributed by atoms with Crippen molar-refractivity contribution >= 4 is 16.0 Å². The summed E-state index contributed by atoms with van der Waals surface area (Å²) in [5.74, 6) is -1.90. The number of aromatic carboxylic acids is 1. The molecule has 1 fully saturated rings. The van der Waals surface area contributed by atoms with Crippen LogP contribution in [0.5, 0.6) is 0 Å². The number of nitrogens with one attached hydrogen (secondary N) is 1. The molecule has 0 amide bonds. The summed E-state index contributed by atoms with van der Waals surface area (Å²) in [4.78, 5) is 10.5. The van der Waals surface area contributed by atoms with Gasteiger partial charge in [0.05, 0.1) is 17.1 Å². The third kappa shape index (κ3) is 4.48. The number of carboxylic acids is 1. The molecule has 0 aromatic heterocycles. The Morgan fingerprint density at radius 3 is 2.76 bits per heavy atom. The molecule has 2 rings (SSSR count). The Kier molecular flexibility index (Phi) is 4.92. The zero-order valence-electron chi connectivity index (χ0n) is 11.2. The predicted molar refractivity (Wildman–Crippen MR) is 72.1 cm³/mol. The molecule has 0 spiro atoms. The van der Waals surface area contributed by atoms with Crippen LogP contribution in [0.15, 0.2) is 23.1 Å². The number of carboxylic acid groups (broad SMARTS) is 1. The fourth-order valence-electron chi connectivity index (χ4n) is 1.70. The summed E-state index contributed by atoms with van der Waals surface area (Å²) in [7, 11) is -3.88. The lowest BCUT2D eigenvalue weighted by Gasteiger charge is -2.08. The highest BCUT2D eigenvalue weighted by Gasteiger charge is 2.21. The highest BCUT2D eigenvalue weighted by Crippen LogP contribution is 2.28. The molecule has 0 radical (unpaired) electrons. The lowest BCUT2D eigenvalue weighted by molar-refractivity contribution is 0.0691. The summed E-state index contributed by atoms with van der Waals surface area (Å²) in [6, 6.07) is 2.64. The quantitative estimate of drug-likeness (QED) is 0.704. The molecule has 0 aliphatic heterocycles. The summed E-state index contributed by atoms with van der Waals surface area (Å²) in [6.07, 6.45) is 2.30. The Hall–Kier alpha value is -1.51. The number of halogens is 1. The van der Waals surface area contributed by atoms with Gasteiger partial charge < -0.3 is 9.84 Å². The van der Waals surface area contributed by atoms with Crippen LogP contribution in [0.3, 0.4) is 0 Å². The highest BCUT2D eigenvalue weighted by atomic mass is 32.2. The van der Waals surface area contributed by atoms with Gasteiger partial charge in [-0.15, -0.1) is 0 Å². The van der Waals surface area contributed by atoms with Gasteiger partial charge in [-0.3, -0.25) is 0 Å². The molecule has 0 saturated heterocycles. The van der Waals surface area contributed by atoms with Crippen molar-refractivity contribution in [2.45, 2.75) is 17.7 Å². The minimum absolute atomic E-state index is 0.0782. The second kappa shape index (κ2) is 6.50. The summed E-state index contributed by atoms with van der Waals surface area (Å²) in [5.41, 5.74) is -0.678. The van der Waals surface area contributed by atoms with E-state index in [1.54, 1.807) is 0 Å². The maximum Gasteiger partial charge on any atom is 0.338 e. The first-order chi connectivity index (χ1) is 9.90. The molecule has 1 saturated carbocycles.